The van der Waals surface area contributed by atoms with E-state index in [1.54, 1.807) is 0 Å². The third-order valence-corrected chi connectivity index (χ3v) is 2.60. The highest BCUT2D eigenvalue weighted by atomic mass is 31.2. The van der Waals surface area contributed by atoms with Gasteiger partial charge < -0.3 is 64.7 Å². The second-order valence-electron chi connectivity index (χ2n) is 5.26. The Kier molecular flexibility index (Phi) is 13.9. The van der Waals surface area contributed by atoms with Gasteiger partial charge in [0, 0.05) is 6.20 Å². The fourth-order valence-corrected chi connectivity index (χ4v) is 1.70. The van der Waals surface area contributed by atoms with Gasteiger partial charge in [-0.25, -0.2) is 22.9 Å². The number of alkyl halides is 1. The maximum absolute atomic E-state index is 13.7. The fourth-order valence-electron chi connectivity index (χ4n) is 1.70. The monoisotopic (exact) mass is 539 g/mol. The van der Waals surface area contributed by atoms with Crippen LogP contribution in [0.15, 0.2) is 17.1 Å². The van der Waals surface area contributed by atoms with Gasteiger partial charge in [-0.2, -0.15) is 4.98 Å². The van der Waals surface area contributed by atoms with Crippen molar-refractivity contribution in [2.45, 2.75) is 24.6 Å². The van der Waals surface area contributed by atoms with Crippen molar-refractivity contribution < 1.29 is 77.1 Å². The summed E-state index contributed by atoms with van der Waals surface area (Å²) in [6.45, 7) is -0.533. The number of ether oxygens (including phenoxy) is 1. The van der Waals surface area contributed by atoms with Gasteiger partial charge in [0.1, 0.15) is 18.0 Å². The molecule has 190 valence electrons. The number of phosphoric acid groups is 3. The molecule has 1 aromatic rings. The number of rotatable bonds is 2. The van der Waals surface area contributed by atoms with Gasteiger partial charge in [-0.15, -0.1) is 0 Å². The summed E-state index contributed by atoms with van der Waals surface area (Å²) in [6, 6.07) is 1.32. The number of hydrogen-bond donors (Lipinski definition) is 12. The van der Waals surface area contributed by atoms with Gasteiger partial charge in [-0.3, -0.25) is 4.57 Å². The first-order chi connectivity index (χ1) is 14.0. The van der Waals surface area contributed by atoms with Crippen molar-refractivity contribution in [2.75, 3.05) is 12.3 Å². The molecule has 19 nitrogen and oxygen atoms in total. The topological polar surface area (TPSA) is 344 Å². The molecule has 1 aliphatic rings. The Balaban J connectivity index is 0. The predicted molar refractivity (Wildman–Crippen MR) is 97.6 cm³/mol. The second-order valence-corrected chi connectivity index (χ2v) is 8.34. The molecule has 2 heterocycles. The number of hydrogen-bond acceptors (Lipinski definition) is 9. The van der Waals surface area contributed by atoms with Crippen molar-refractivity contribution >= 4 is 29.3 Å². The Hall–Kier alpha value is -1.18. The summed E-state index contributed by atoms with van der Waals surface area (Å²) < 4.78 is 46.3. The van der Waals surface area contributed by atoms with Crippen LogP contribution in [0, 0.1) is 0 Å². The van der Waals surface area contributed by atoms with E-state index < -0.39 is 60.4 Å². The van der Waals surface area contributed by atoms with Gasteiger partial charge in [-0.05, 0) is 6.07 Å². The molecular weight excluding hydrogens is 518 g/mol. The minimum Gasteiger partial charge on any atom is -0.394 e. The Morgan fingerprint density at radius 2 is 1.38 bits per heavy atom. The Morgan fingerprint density at radius 1 is 1.00 bits per heavy atom. The maximum Gasteiger partial charge on any atom is 0.466 e. The number of aromatic nitrogens is 2. The lowest BCUT2D eigenvalue weighted by atomic mass is 10.1. The molecule has 13 N–H and O–H groups in total. The first-order valence-electron chi connectivity index (χ1n) is 7.32. The van der Waals surface area contributed by atoms with Crippen molar-refractivity contribution in [1.82, 2.24) is 9.55 Å². The largest absolute Gasteiger partial charge is 0.466 e. The number of nitrogens with two attached hydrogens (primary N) is 1. The van der Waals surface area contributed by atoms with Crippen LogP contribution in [0.1, 0.15) is 6.23 Å². The molecule has 0 saturated carbocycles. The van der Waals surface area contributed by atoms with Crippen LogP contribution in [0.2, 0.25) is 0 Å². The smallest absolute Gasteiger partial charge is 0.394 e. The molecule has 32 heavy (non-hydrogen) atoms. The number of halogens is 1. The average molecular weight is 539 g/mol. The molecule has 23 heteroatoms. The summed E-state index contributed by atoms with van der Waals surface area (Å²) in [6.07, 6.45) is -4.42. The van der Waals surface area contributed by atoms with Gasteiger partial charge in [0.15, 0.2) is 12.4 Å². The maximum atomic E-state index is 13.7. The molecule has 0 spiro atoms. The molecule has 0 radical (unpaired) electrons. The summed E-state index contributed by atoms with van der Waals surface area (Å²) in [7, 11) is -13.9. The van der Waals surface area contributed by atoms with Crippen LogP contribution in [-0.2, 0) is 18.4 Å². The quantitative estimate of drug-likeness (QED) is 0.158. The SMILES string of the molecule is Nc1ccn([C@@H]2O[C@H](CO)[C@@H](O)[C@@H]2F)c(=O)n1.O=P(O)(O)O.O=P(O)(O)O.O=P(O)(O)O. The molecule has 0 bridgehead atoms. The molecule has 1 fully saturated rings. The molecule has 0 aliphatic carbocycles. The average Bonchev–Trinajstić information content (AvgIpc) is 2.78. The van der Waals surface area contributed by atoms with Crippen LogP contribution in [0.5, 0.6) is 0 Å². The van der Waals surface area contributed by atoms with E-state index in [1.165, 1.54) is 12.3 Å². The standard InChI is InChI=1S/C9H12FN3O4.3H3O4P/c10-6-7(15)4(3-14)17-8(6)13-2-1-5(11)12-9(13)16;3*1-5(2,3)4/h1-2,4,6-8,14-15H,3H2,(H2,11,12,16);3*(H3,1,2,3,4)/t4-,6+,7-,8-;;;/m1.../s1. The zero-order valence-electron chi connectivity index (χ0n) is 15.3. The van der Waals surface area contributed by atoms with E-state index >= 15 is 0 Å². The minimum atomic E-state index is -4.64. The molecule has 0 amide bonds. The third-order valence-electron chi connectivity index (χ3n) is 2.60. The van der Waals surface area contributed by atoms with E-state index in [4.69, 9.17) is 73.3 Å². The molecule has 0 unspecified atom stereocenters. The van der Waals surface area contributed by atoms with Gasteiger partial charge in [-0.1, -0.05) is 0 Å². The first-order valence-corrected chi connectivity index (χ1v) is 12.0. The molecule has 0 aromatic carbocycles. The lowest BCUT2D eigenvalue weighted by Crippen LogP contribution is -2.33. The Bertz CT molecular complexity index is 824. The second kappa shape index (κ2) is 13.5. The van der Waals surface area contributed by atoms with Gasteiger partial charge >= 0.3 is 29.2 Å². The fraction of sp³-hybridized carbons (Fsp3) is 0.556. The predicted octanol–water partition coefficient (Wildman–Crippen LogP) is -4.37. The van der Waals surface area contributed by atoms with Crippen LogP contribution in [0.25, 0.3) is 0 Å². The van der Waals surface area contributed by atoms with Gasteiger partial charge in [0.2, 0.25) is 0 Å². The van der Waals surface area contributed by atoms with Crippen LogP contribution in [0.3, 0.4) is 0 Å². The minimum absolute atomic E-state index is 0.0129. The van der Waals surface area contributed by atoms with Crippen LogP contribution < -0.4 is 11.4 Å². The Morgan fingerprint density at radius 3 is 1.66 bits per heavy atom. The van der Waals surface area contributed by atoms with Crippen molar-refractivity contribution in [3.63, 3.8) is 0 Å². The van der Waals surface area contributed by atoms with E-state index in [-0.39, 0.29) is 5.82 Å². The normalized spacial score (nSPS) is 23.0. The zero-order valence-corrected chi connectivity index (χ0v) is 18.0. The van der Waals surface area contributed by atoms with Crippen molar-refractivity contribution in [3.05, 3.63) is 22.7 Å². The first kappa shape index (κ1) is 33.0. The molecule has 1 aromatic heterocycles. The lowest BCUT2D eigenvalue weighted by molar-refractivity contribution is -0.0490. The molecule has 1 aliphatic heterocycles. The summed E-state index contributed by atoms with van der Waals surface area (Å²) in [4.78, 5) is 79.6. The number of anilines is 1. The highest BCUT2D eigenvalue weighted by Crippen LogP contribution is 2.30. The van der Waals surface area contributed by atoms with Crippen molar-refractivity contribution in [3.8, 4) is 0 Å². The van der Waals surface area contributed by atoms with E-state index in [1.807, 2.05) is 0 Å². The van der Waals surface area contributed by atoms with Crippen LogP contribution >= 0.6 is 23.5 Å². The molecular formula is C9H21FN3O16P3. The molecule has 1 saturated heterocycles. The van der Waals surface area contributed by atoms with Gasteiger partial charge in [0.25, 0.3) is 0 Å². The van der Waals surface area contributed by atoms with Crippen molar-refractivity contribution in [1.29, 1.82) is 0 Å². The van der Waals surface area contributed by atoms with Gasteiger partial charge in [0.05, 0.1) is 6.61 Å². The van der Waals surface area contributed by atoms with Crippen LogP contribution in [0.4, 0.5) is 10.2 Å². The molecule has 2 rings (SSSR count). The van der Waals surface area contributed by atoms with Crippen molar-refractivity contribution in [2.24, 2.45) is 0 Å². The molecule has 4 atom stereocenters. The highest BCUT2D eigenvalue weighted by Gasteiger charge is 2.45. The highest BCUT2D eigenvalue weighted by molar-refractivity contribution is 7.45. The summed E-state index contributed by atoms with van der Waals surface area (Å²) in [5, 5.41) is 18.3. The number of aliphatic hydroxyl groups excluding tert-OH is 2. The third kappa shape index (κ3) is 19.5. The Labute approximate surface area is 176 Å². The summed E-state index contributed by atoms with van der Waals surface area (Å²) >= 11 is 0. The number of aliphatic hydroxyl groups is 2. The van der Waals surface area contributed by atoms with E-state index in [0.29, 0.717) is 0 Å². The van der Waals surface area contributed by atoms with E-state index in [0.717, 1.165) is 4.57 Å². The van der Waals surface area contributed by atoms with E-state index in [2.05, 4.69) is 4.98 Å². The van der Waals surface area contributed by atoms with Crippen LogP contribution in [-0.4, -0.2) is 88.8 Å². The lowest BCUT2D eigenvalue weighted by Gasteiger charge is -2.15. The van der Waals surface area contributed by atoms with E-state index in [9.17, 15) is 14.3 Å². The zero-order chi connectivity index (χ0) is 26.1. The number of nitrogen functional groups attached to an aromatic ring is 1. The summed E-state index contributed by atoms with van der Waals surface area (Å²) in [5.74, 6) is 0.0129. The summed E-state index contributed by atoms with van der Waals surface area (Å²) in [5.41, 5.74) is 4.52. The number of nitrogens with zero attached hydrogens (tertiary/aromatic N) is 2.